The van der Waals surface area contributed by atoms with Crippen LogP contribution < -0.4 is 5.43 Å². The Morgan fingerprint density at radius 2 is 1.96 bits per heavy atom. The molecule has 6 nitrogen and oxygen atoms in total. The summed E-state index contributed by atoms with van der Waals surface area (Å²) < 4.78 is 0. The van der Waals surface area contributed by atoms with Crippen LogP contribution in [0, 0.1) is 5.92 Å². The predicted octanol–water partition coefficient (Wildman–Crippen LogP) is 3.39. The van der Waals surface area contributed by atoms with Crippen LogP contribution in [-0.4, -0.2) is 41.0 Å². The molecule has 0 radical (unpaired) electrons. The minimum atomic E-state index is -0.185. The first-order valence-electron chi connectivity index (χ1n) is 8.53. The molecule has 1 fully saturated rings. The van der Waals surface area contributed by atoms with E-state index >= 15 is 0 Å². The summed E-state index contributed by atoms with van der Waals surface area (Å²) in [5.74, 6) is -0.488. The van der Waals surface area contributed by atoms with Gasteiger partial charge in [-0.15, -0.1) is 0 Å². The van der Waals surface area contributed by atoms with Crippen molar-refractivity contribution in [1.82, 2.24) is 15.3 Å². The van der Waals surface area contributed by atoms with Gasteiger partial charge in [-0.3, -0.25) is 14.6 Å². The van der Waals surface area contributed by atoms with Crippen LogP contribution in [0.3, 0.4) is 0 Å². The lowest BCUT2D eigenvalue weighted by molar-refractivity contribution is -0.126. The van der Waals surface area contributed by atoms with Crippen LogP contribution in [0.5, 0.6) is 0 Å². The summed E-state index contributed by atoms with van der Waals surface area (Å²) in [5, 5.41) is 4.76. The molecule has 2 amide bonds. The third-order valence-corrected chi connectivity index (χ3v) is 4.92. The number of halogens is 2. The third-order valence-electron chi connectivity index (χ3n) is 4.37. The van der Waals surface area contributed by atoms with E-state index in [4.69, 9.17) is 23.2 Å². The molecule has 1 saturated heterocycles. The number of benzene rings is 1. The molecule has 0 bridgehead atoms. The zero-order valence-electron chi connectivity index (χ0n) is 14.4. The average molecular weight is 405 g/mol. The molecular formula is C19H18Cl2N4O2. The van der Waals surface area contributed by atoms with Crippen molar-refractivity contribution in [3.8, 4) is 0 Å². The maximum Gasteiger partial charge on any atom is 0.255 e. The number of rotatable bonds is 4. The molecule has 1 aromatic carbocycles. The number of hydrogen-bond donors (Lipinski definition) is 1. The highest BCUT2D eigenvalue weighted by Gasteiger charge is 2.28. The minimum absolute atomic E-state index is 0.149. The number of carbonyl (C=O) groups is 2. The number of aromatic nitrogens is 1. The largest absolute Gasteiger partial charge is 0.339 e. The molecule has 140 valence electrons. The monoisotopic (exact) mass is 404 g/mol. The highest BCUT2D eigenvalue weighted by molar-refractivity contribution is 6.36. The Kier molecular flexibility index (Phi) is 6.42. The number of pyridine rings is 1. The van der Waals surface area contributed by atoms with Crippen molar-refractivity contribution in [2.24, 2.45) is 11.0 Å². The van der Waals surface area contributed by atoms with Gasteiger partial charge in [-0.2, -0.15) is 5.10 Å². The van der Waals surface area contributed by atoms with Crippen LogP contribution in [-0.2, 0) is 4.79 Å². The second-order valence-electron chi connectivity index (χ2n) is 6.18. The lowest BCUT2D eigenvalue weighted by Crippen LogP contribution is -2.42. The highest BCUT2D eigenvalue weighted by atomic mass is 35.5. The number of likely N-dealkylation sites (tertiary alicyclic amines) is 1. The van der Waals surface area contributed by atoms with Gasteiger partial charge in [-0.1, -0.05) is 29.3 Å². The van der Waals surface area contributed by atoms with Gasteiger partial charge in [-0.25, -0.2) is 5.43 Å². The first kappa shape index (κ1) is 19.3. The molecule has 0 unspecified atom stereocenters. The lowest BCUT2D eigenvalue weighted by atomic mass is 9.95. The normalized spacial score (nSPS) is 15.1. The first-order chi connectivity index (χ1) is 13.0. The average Bonchev–Trinajstić information content (AvgIpc) is 2.68. The van der Waals surface area contributed by atoms with Crippen LogP contribution >= 0.6 is 23.2 Å². The molecule has 0 atom stereocenters. The van der Waals surface area contributed by atoms with Crippen LogP contribution in [0.15, 0.2) is 47.7 Å². The molecule has 1 aliphatic heterocycles. The summed E-state index contributed by atoms with van der Waals surface area (Å²) in [5.41, 5.74) is 3.63. The van der Waals surface area contributed by atoms with Gasteiger partial charge in [0, 0.05) is 30.2 Å². The topological polar surface area (TPSA) is 74.7 Å². The number of nitrogens with zero attached hydrogens (tertiary/aromatic N) is 3. The molecule has 1 N–H and O–H groups in total. The molecule has 0 saturated carbocycles. The number of nitrogens with one attached hydrogen (secondary N) is 1. The van der Waals surface area contributed by atoms with E-state index in [-0.39, 0.29) is 17.7 Å². The Hall–Kier alpha value is -2.44. The van der Waals surface area contributed by atoms with Crippen molar-refractivity contribution in [2.45, 2.75) is 12.8 Å². The smallest absolute Gasteiger partial charge is 0.255 e. The van der Waals surface area contributed by atoms with Crippen molar-refractivity contribution in [1.29, 1.82) is 0 Å². The van der Waals surface area contributed by atoms with Gasteiger partial charge in [0.25, 0.3) is 5.91 Å². The van der Waals surface area contributed by atoms with Gasteiger partial charge >= 0.3 is 0 Å². The molecule has 1 aromatic heterocycles. The van der Waals surface area contributed by atoms with Gasteiger partial charge in [0.15, 0.2) is 0 Å². The van der Waals surface area contributed by atoms with Crippen LogP contribution in [0.2, 0.25) is 10.0 Å². The van der Waals surface area contributed by atoms with Crippen molar-refractivity contribution >= 4 is 41.2 Å². The fourth-order valence-corrected chi connectivity index (χ4v) is 3.37. The molecule has 0 spiro atoms. The summed E-state index contributed by atoms with van der Waals surface area (Å²) in [6.07, 6.45) is 4.30. The Morgan fingerprint density at radius 1 is 1.19 bits per heavy atom. The van der Waals surface area contributed by atoms with E-state index in [2.05, 4.69) is 15.5 Å². The summed E-state index contributed by atoms with van der Waals surface area (Å²) in [7, 11) is 0. The quantitative estimate of drug-likeness (QED) is 0.626. The molecule has 0 aliphatic carbocycles. The summed E-state index contributed by atoms with van der Waals surface area (Å²) in [4.78, 5) is 30.6. The molecule has 1 aliphatic rings. The van der Waals surface area contributed by atoms with E-state index in [0.29, 0.717) is 47.2 Å². The number of carbonyl (C=O) groups excluding carboxylic acids is 2. The fourth-order valence-electron chi connectivity index (χ4n) is 2.88. The Labute approximate surface area is 167 Å². The molecule has 8 heteroatoms. The molecule has 2 aromatic rings. The number of hydrogen-bond acceptors (Lipinski definition) is 4. The fraction of sp³-hybridized carbons (Fsp3) is 0.263. The third kappa shape index (κ3) is 5.05. The molecule has 2 heterocycles. The van der Waals surface area contributed by atoms with Gasteiger partial charge in [0.2, 0.25) is 5.91 Å². The van der Waals surface area contributed by atoms with Gasteiger partial charge < -0.3 is 4.90 Å². The SMILES string of the molecule is O=C(N/N=C\c1ccccn1)C1CCN(C(=O)c2ccc(Cl)cc2Cl)CC1. The van der Waals surface area contributed by atoms with E-state index in [1.807, 2.05) is 12.1 Å². The first-order valence-corrected chi connectivity index (χ1v) is 9.28. The Balaban J connectivity index is 1.51. The summed E-state index contributed by atoms with van der Waals surface area (Å²) in [6.45, 7) is 0.972. The Morgan fingerprint density at radius 3 is 2.63 bits per heavy atom. The second-order valence-corrected chi connectivity index (χ2v) is 7.02. The zero-order chi connectivity index (χ0) is 19.2. The van der Waals surface area contributed by atoms with E-state index in [1.165, 1.54) is 6.21 Å². The molecular weight excluding hydrogens is 387 g/mol. The lowest BCUT2D eigenvalue weighted by Gasteiger charge is -2.31. The maximum atomic E-state index is 12.6. The number of piperidine rings is 1. The van der Waals surface area contributed by atoms with Gasteiger partial charge in [-0.05, 0) is 43.2 Å². The summed E-state index contributed by atoms with van der Waals surface area (Å²) in [6, 6.07) is 10.3. The van der Waals surface area contributed by atoms with Gasteiger partial charge in [0.1, 0.15) is 0 Å². The maximum absolute atomic E-state index is 12.6. The number of amides is 2. The van der Waals surface area contributed by atoms with E-state index < -0.39 is 0 Å². The van der Waals surface area contributed by atoms with Crippen LogP contribution in [0.1, 0.15) is 28.9 Å². The minimum Gasteiger partial charge on any atom is -0.339 e. The van der Waals surface area contributed by atoms with E-state index in [1.54, 1.807) is 35.4 Å². The van der Waals surface area contributed by atoms with Crippen molar-refractivity contribution < 1.29 is 9.59 Å². The highest BCUT2D eigenvalue weighted by Crippen LogP contribution is 2.25. The van der Waals surface area contributed by atoms with Gasteiger partial charge in [0.05, 0.1) is 22.5 Å². The number of hydrazone groups is 1. The summed E-state index contributed by atoms with van der Waals surface area (Å²) >= 11 is 12.0. The Bertz CT molecular complexity index is 850. The zero-order valence-corrected chi connectivity index (χ0v) is 16.0. The van der Waals surface area contributed by atoms with Crippen molar-refractivity contribution in [3.63, 3.8) is 0 Å². The predicted molar refractivity (Wildman–Crippen MR) is 105 cm³/mol. The van der Waals surface area contributed by atoms with Crippen molar-refractivity contribution in [3.05, 3.63) is 63.9 Å². The van der Waals surface area contributed by atoms with Crippen molar-refractivity contribution in [2.75, 3.05) is 13.1 Å². The standard InChI is InChI=1S/C19H18Cl2N4O2/c20-14-4-5-16(17(21)11-14)19(27)25-9-6-13(7-10-25)18(26)24-23-12-15-3-1-2-8-22-15/h1-5,8,11-13H,6-7,9-10H2,(H,24,26)/b23-12-. The van der Waals surface area contributed by atoms with Crippen LogP contribution in [0.4, 0.5) is 0 Å². The second kappa shape index (κ2) is 8.97. The van der Waals surface area contributed by atoms with Crippen LogP contribution in [0.25, 0.3) is 0 Å². The van der Waals surface area contributed by atoms with E-state index in [0.717, 1.165) is 0 Å². The molecule has 3 rings (SSSR count). The van der Waals surface area contributed by atoms with E-state index in [9.17, 15) is 9.59 Å². The molecule has 27 heavy (non-hydrogen) atoms.